The van der Waals surface area contributed by atoms with Gasteiger partial charge in [0, 0.05) is 0 Å². The summed E-state index contributed by atoms with van der Waals surface area (Å²) in [4.78, 5) is 10.3. The molecule has 0 saturated heterocycles. The molecular formula is C10H8Cl2O. The Morgan fingerprint density at radius 2 is 2.00 bits per heavy atom. The average molecular weight is 215 g/mol. The number of allylic oxidation sites excluding steroid dienone is 1. The van der Waals surface area contributed by atoms with E-state index >= 15 is 0 Å². The summed E-state index contributed by atoms with van der Waals surface area (Å²) in [5.41, 5.74) is 1.53. The van der Waals surface area contributed by atoms with Gasteiger partial charge in [-0.05, 0) is 36.3 Å². The van der Waals surface area contributed by atoms with Crippen LogP contribution >= 0.6 is 23.2 Å². The summed E-state index contributed by atoms with van der Waals surface area (Å²) in [7, 11) is 0. The molecule has 0 spiro atoms. The average Bonchev–Trinajstić information content (AvgIpc) is 2.11. The Morgan fingerprint density at radius 1 is 1.31 bits per heavy atom. The molecule has 1 rings (SSSR count). The third-order valence-electron chi connectivity index (χ3n) is 1.52. The quantitative estimate of drug-likeness (QED) is 0.544. The first-order chi connectivity index (χ1) is 6.13. The summed E-state index contributed by atoms with van der Waals surface area (Å²) in [5, 5.41) is 1.01. The monoisotopic (exact) mass is 214 g/mol. The van der Waals surface area contributed by atoms with Gasteiger partial charge in [0.1, 0.15) is 6.29 Å². The van der Waals surface area contributed by atoms with Gasteiger partial charge in [0.05, 0.1) is 10.0 Å². The molecule has 0 aliphatic carbocycles. The molecule has 0 saturated carbocycles. The number of aldehydes is 1. The van der Waals surface area contributed by atoms with Crippen molar-refractivity contribution >= 4 is 35.6 Å². The first kappa shape index (κ1) is 10.3. The fourth-order valence-corrected chi connectivity index (χ4v) is 1.21. The molecule has 68 valence electrons. The largest absolute Gasteiger partial charge is 0.298 e. The van der Waals surface area contributed by atoms with Crippen LogP contribution in [0.15, 0.2) is 23.8 Å². The number of carbonyl (C=O) groups is 1. The van der Waals surface area contributed by atoms with Gasteiger partial charge in [0.2, 0.25) is 0 Å². The number of benzene rings is 1. The molecule has 0 amide bonds. The standard InChI is InChI=1S/C10H8Cl2O/c1-7(6-13)4-8-2-3-9(11)10(12)5-8/h2-6H,1H3. The third-order valence-corrected chi connectivity index (χ3v) is 2.26. The van der Waals surface area contributed by atoms with Crippen molar-refractivity contribution in [3.8, 4) is 0 Å². The normalized spacial score (nSPS) is 11.5. The molecule has 0 bridgehead atoms. The van der Waals surface area contributed by atoms with Gasteiger partial charge in [-0.25, -0.2) is 0 Å². The first-order valence-corrected chi connectivity index (χ1v) is 4.47. The van der Waals surface area contributed by atoms with Crippen molar-refractivity contribution in [1.82, 2.24) is 0 Å². The summed E-state index contributed by atoms with van der Waals surface area (Å²) >= 11 is 11.5. The van der Waals surface area contributed by atoms with Gasteiger partial charge in [-0.15, -0.1) is 0 Å². The van der Waals surface area contributed by atoms with Crippen LogP contribution in [0, 0.1) is 0 Å². The van der Waals surface area contributed by atoms with Crippen molar-refractivity contribution < 1.29 is 4.79 Å². The van der Waals surface area contributed by atoms with E-state index < -0.39 is 0 Å². The maximum Gasteiger partial charge on any atom is 0.145 e. The predicted molar refractivity (Wildman–Crippen MR) is 56.2 cm³/mol. The van der Waals surface area contributed by atoms with Gasteiger partial charge in [0.15, 0.2) is 0 Å². The molecule has 0 heterocycles. The molecule has 1 nitrogen and oxygen atoms in total. The second-order valence-electron chi connectivity index (χ2n) is 2.68. The minimum atomic E-state index is 0.495. The van der Waals surface area contributed by atoms with E-state index in [1.54, 1.807) is 31.2 Å². The van der Waals surface area contributed by atoms with Crippen molar-refractivity contribution in [1.29, 1.82) is 0 Å². The lowest BCUT2D eigenvalue weighted by Crippen LogP contribution is -1.78. The second kappa shape index (κ2) is 4.45. The van der Waals surface area contributed by atoms with Crippen molar-refractivity contribution in [2.45, 2.75) is 6.92 Å². The Labute approximate surface area is 87.0 Å². The fraction of sp³-hybridized carbons (Fsp3) is 0.100. The molecule has 13 heavy (non-hydrogen) atoms. The van der Waals surface area contributed by atoms with Crippen LogP contribution < -0.4 is 0 Å². The number of halogens is 2. The summed E-state index contributed by atoms with van der Waals surface area (Å²) in [6.45, 7) is 1.73. The minimum absolute atomic E-state index is 0.495. The number of hydrogen-bond donors (Lipinski definition) is 0. The van der Waals surface area contributed by atoms with Crippen LogP contribution in [-0.2, 0) is 4.79 Å². The van der Waals surface area contributed by atoms with Gasteiger partial charge in [0.25, 0.3) is 0 Å². The second-order valence-corrected chi connectivity index (χ2v) is 3.49. The maximum absolute atomic E-state index is 10.3. The Hall–Kier alpha value is -0.790. The van der Waals surface area contributed by atoms with Crippen LogP contribution in [0.2, 0.25) is 10.0 Å². The Kier molecular flexibility index (Phi) is 3.52. The molecule has 0 fully saturated rings. The Morgan fingerprint density at radius 3 is 2.54 bits per heavy atom. The lowest BCUT2D eigenvalue weighted by molar-refractivity contribution is -0.104. The highest BCUT2D eigenvalue weighted by molar-refractivity contribution is 6.42. The zero-order valence-corrected chi connectivity index (χ0v) is 8.56. The molecule has 0 aliphatic rings. The van der Waals surface area contributed by atoms with E-state index in [9.17, 15) is 4.79 Å². The van der Waals surface area contributed by atoms with Gasteiger partial charge in [-0.1, -0.05) is 29.3 Å². The smallest absolute Gasteiger partial charge is 0.145 e. The number of hydrogen-bond acceptors (Lipinski definition) is 1. The van der Waals surface area contributed by atoms with Crippen LogP contribution in [-0.4, -0.2) is 6.29 Å². The fourth-order valence-electron chi connectivity index (χ4n) is 0.899. The number of carbonyl (C=O) groups excluding carboxylic acids is 1. The van der Waals surface area contributed by atoms with Gasteiger partial charge in [-0.2, -0.15) is 0 Å². The lowest BCUT2D eigenvalue weighted by Gasteiger charge is -1.97. The molecule has 3 heteroatoms. The van der Waals surface area contributed by atoms with E-state index in [0.717, 1.165) is 11.8 Å². The first-order valence-electron chi connectivity index (χ1n) is 3.72. The Balaban J connectivity index is 3.04. The zero-order valence-electron chi connectivity index (χ0n) is 7.05. The van der Waals surface area contributed by atoms with Crippen molar-refractivity contribution in [3.63, 3.8) is 0 Å². The molecule has 1 aromatic rings. The van der Waals surface area contributed by atoms with Gasteiger partial charge in [-0.3, -0.25) is 4.79 Å². The van der Waals surface area contributed by atoms with Gasteiger partial charge >= 0.3 is 0 Å². The van der Waals surface area contributed by atoms with Crippen LogP contribution in [0.25, 0.3) is 6.08 Å². The molecule has 0 N–H and O–H groups in total. The molecule has 1 aromatic carbocycles. The minimum Gasteiger partial charge on any atom is -0.298 e. The van der Waals surface area contributed by atoms with Crippen LogP contribution in [0.4, 0.5) is 0 Å². The van der Waals surface area contributed by atoms with Crippen molar-refractivity contribution in [3.05, 3.63) is 39.4 Å². The van der Waals surface area contributed by atoms with Crippen molar-refractivity contribution in [2.24, 2.45) is 0 Å². The highest BCUT2D eigenvalue weighted by Gasteiger charge is 1.97. The highest BCUT2D eigenvalue weighted by atomic mass is 35.5. The predicted octanol–water partition coefficient (Wildman–Crippen LogP) is 3.60. The molecule has 0 unspecified atom stereocenters. The van der Waals surface area contributed by atoms with Crippen LogP contribution in [0.5, 0.6) is 0 Å². The molecule has 0 radical (unpaired) electrons. The molecular weight excluding hydrogens is 207 g/mol. The molecule has 0 atom stereocenters. The highest BCUT2D eigenvalue weighted by Crippen LogP contribution is 2.23. The summed E-state index contributed by atoms with van der Waals surface area (Å²) in [6, 6.07) is 5.23. The summed E-state index contributed by atoms with van der Waals surface area (Å²) in [5.74, 6) is 0. The zero-order chi connectivity index (χ0) is 9.84. The van der Waals surface area contributed by atoms with E-state index in [2.05, 4.69) is 0 Å². The Bertz CT molecular complexity index is 356. The van der Waals surface area contributed by atoms with E-state index in [-0.39, 0.29) is 0 Å². The third kappa shape index (κ3) is 2.87. The molecule has 0 aromatic heterocycles. The maximum atomic E-state index is 10.3. The summed E-state index contributed by atoms with van der Waals surface area (Å²) < 4.78 is 0. The SMILES string of the molecule is CC(C=O)=Cc1ccc(Cl)c(Cl)c1. The van der Waals surface area contributed by atoms with Gasteiger partial charge < -0.3 is 0 Å². The van der Waals surface area contributed by atoms with E-state index in [1.807, 2.05) is 0 Å². The van der Waals surface area contributed by atoms with E-state index in [0.29, 0.717) is 15.6 Å². The number of rotatable bonds is 2. The van der Waals surface area contributed by atoms with Crippen molar-refractivity contribution in [2.75, 3.05) is 0 Å². The van der Waals surface area contributed by atoms with Crippen LogP contribution in [0.1, 0.15) is 12.5 Å². The van der Waals surface area contributed by atoms with E-state index in [1.165, 1.54) is 0 Å². The molecule has 0 aliphatic heterocycles. The van der Waals surface area contributed by atoms with Crippen LogP contribution in [0.3, 0.4) is 0 Å². The lowest BCUT2D eigenvalue weighted by atomic mass is 10.1. The topological polar surface area (TPSA) is 17.1 Å². The summed E-state index contributed by atoms with van der Waals surface area (Å²) in [6.07, 6.45) is 2.54. The van der Waals surface area contributed by atoms with E-state index in [4.69, 9.17) is 23.2 Å².